The van der Waals surface area contributed by atoms with E-state index in [2.05, 4.69) is 170 Å². The van der Waals surface area contributed by atoms with Crippen molar-refractivity contribution in [2.75, 3.05) is 0 Å². The van der Waals surface area contributed by atoms with Crippen LogP contribution in [-0.2, 0) is 0 Å². The fraction of sp³-hybridized carbons (Fsp3) is 0. The van der Waals surface area contributed by atoms with Gasteiger partial charge in [0.05, 0.1) is 0 Å². The van der Waals surface area contributed by atoms with Gasteiger partial charge in [-0.25, -0.2) is 0 Å². The summed E-state index contributed by atoms with van der Waals surface area (Å²) in [4.78, 5) is 0. The second kappa shape index (κ2) is 9.51. The molecular formula is C52H28. The van der Waals surface area contributed by atoms with E-state index in [-0.39, 0.29) is 0 Å². The Bertz CT molecular complexity index is 3230. The first kappa shape index (κ1) is 27.0. The van der Waals surface area contributed by atoms with E-state index in [4.69, 9.17) is 0 Å². The second-order valence-electron chi connectivity index (χ2n) is 14.7. The molecule has 0 atom stereocenters. The summed E-state index contributed by atoms with van der Waals surface area (Å²) in [5.74, 6) is 0. The summed E-state index contributed by atoms with van der Waals surface area (Å²) in [7, 11) is 0. The van der Waals surface area contributed by atoms with Crippen LogP contribution in [0, 0.1) is 0 Å². The van der Waals surface area contributed by atoms with Crippen molar-refractivity contribution in [3.05, 3.63) is 169 Å². The lowest BCUT2D eigenvalue weighted by Crippen LogP contribution is -1.94. The standard InChI is InChI=1S/C52H28/c1-3-9-33-27-35(17-13-29(33)7-1)46-37-11-5-6-12-38(37)47(36-18-14-30-8-2-4-10-34(30)28-36)52-44-26-24-42-40-22-20-32-16-15-31-19-21-39(48(40)45(31)32)41-23-25-43(51(46)52)50(44)49(41)42/h1-28H. The van der Waals surface area contributed by atoms with Crippen molar-refractivity contribution in [3.63, 3.8) is 0 Å². The molecule has 0 saturated carbocycles. The van der Waals surface area contributed by atoms with Gasteiger partial charge in [0.2, 0.25) is 0 Å². The maximum Gasteiger partial charge on any atom is -0.000740 e. The van der Waals surface area contributed by atoms with E-state index in [0.717, 1.165) is 0 Å². The summed E-state index contributed by atoms with van der Waals surface area (Å²) >= 11 is 0. The molecule has 52 heavy (non-hydrogen) atoms. The van der Waals surface area contributed by atoms with Gasteiger partial charge in [-0.2, -0.15) is 0 Å². The lowest BCUT2D eigenvalue weighted by Gasteiger charge is -2.21. The molecule has 0 radical (unpaired) electrons. The van der Waals surface area contributed by atoms with E-state index in [1.54, 1.807) is 0 Å². The highest BCUT2D eigenvalue weighted by molar-refractivity contribution is 6.40. The molecule has 0 saturated heterocycles. The van der Waals surface area contributed by atoms with Gasteiger partial charge in [-0.15, -0.1) is 0 Å². The van der Waals surface area contributed by atoms with Crippen molar-refractivity contribution in [3.8, 4) is 44.5 Å². The monoisotopic (exact) mass is 652 g/mol. The Morgan fingerprint density at radius 2 is 0.673 bits per heavy atom. The van der Waals surface area contributed by atoms with Gasteiger partial charge in [-0.05, 0) is 143 Å². The summed E-state index contributed by atoms with van der Waals surface area (Å²) in [6.07, 6.45) is 4.54. The molecule has 2 aliphatic rings. The molecule has 0 fully saturated rings. The van der Waals surface area contributed by atoms with Crippen LogP contribution < -0.4 is 0 Å². The van der Waals surface area contributed by atoms with Crippen molar-refractivity contribution in [2.24, 2.45) is 0 Å². The maximum absolute atomic E-state index is 2.44. The molecule has 0 spiro atoms. The first-order valence-corrected chi connectivity index (χ1v) is 18.3. The number of rotatable bonds is 2. The molecule has 0 bridgehead atoms. The smallest absolute Gasteiger partial charge is 0.000740 e. The van der Waals surface area contributed by atoms with E-state index in [9.17, 15) is 0 Å². The van der Waals surface area contributed by atoms with Crippen molar-refractivity contribution in [2.45, 2.75) is 0 Å². The first-order valence-electron chi connectivity index (χ1n) is 18.3. The largest absolute Gasteiger partial charge is 0.0616 e. The predicted molar refractivity (Wildman–Crippen MR) is 224 cm³/mol. The van der Waals surface area contributed by atoms with E-state index >= 15 is 0 Å². The SMILES string of the molecule is C1=Cc2ccc3c4ccc5c6c(ccc(c7ccc1c2c73)c64)-c1c-5c(-c2ccc3ccccc3c2)c2ccccc2c1-c1ccc2ccccc2c1. The van der Waals surface area contributed by atoms with Crippen LogP contribution >= 0.6 is 0 Å². The highest BCUT2D eigenvalue weighted by Crippen LogP contribution is 2.60. The quantitative estimate of drug-likeness (QED) is 0.129. The zero-order valence-corrected chi connectivity index (χ0v) is 28.2. The Hall–Kier alpha value is -6.76. The molecule has 0 heteroatoms. The Kier molecular flexibility index (Phi) is 4.94. The molecule has 11 aromatic rings. The zero-order chi connectivity index (χ0) is 33.7. The van der Waals surface area contributed by atoms with E-state index in [1.165, 1.54) is 131 Å². The Morgan fingerprint density at radius 1 is 0.250 bits per heavy atom. The number of fused-ring (bicyclic) bond motifs is 8. The van der Waals surface area contributed by atoms with Gasteiger partial charge in [0.25, 0.3) is 0 Å². The molecule has 2 aliphatic carbocycles. The molecule has 0 aromatic heterocycles. The zero-order valence-electron chi connectivity index (χ0n) is 28.2. The lowest BCUT2D eigenvalue weighted by atomic mass is 9.82. The molecule has 13 rings (SSSR count). The highest BCUT2D eigenvalue weighted by Gasteiger charge is 2.32. The minimum absolute atomic E-state index is 1.26. The van der Waals surface area contributed by atoms with Crippen LogP contribution in [0.3, 0.4) is 0 Å². The van der Waals surface area contributed by atoms with Crippen LogP contribution in [0.4, 0.5) is 0 Å². The predicted octanol–water partition coefficient (Wildman–Crippen LogP) is 14.7. The summed E-state index contributed by atoms with van der Waals surface area (Å²) in [6, 6.07) is 59.7. The van der Waals surface area contributed by atoms with Crippen LogP contribution in [0.2, 0.25) is 0 Å². The van der Waals surface area contributed by atoms with Gasteiger partial charge in [0.15, 0.2) is 0 Å². The van der Waals surface area contributed by atoms with Crippen LogP contribution in [-0.4, -0.2) is 0 Å². The van der Waals surface area contributed by atoms with E-state index in [0.29, 0.717) is 0 Å². The summed E-state index contributed by atoms with van der Waals surface area (Å²) in [6.45, 7) is 0. The topological polar surface area (TPSA) is 0 Å². The van der Waals surface area contributed by atoms with Gasteiger partial charge >= 0.3 is 0 Å². The molecular weight excluding hydrogens is 625 g/mol. The van der Waals surface area contributed by atoms with Crippen LogP contribution in [0.15, 0.2) is 158 Å². The van der Waals surface area contributed by atoms with Gasteiger partial charge < -0.3 is 0 Å². The van der Waals surface area contributed by atoms with Crippen LogP contribution in [0.1, 0.15) is 11.1 Å². The Labute approximate surface area is 299 Å². The molecule has 0 nitrogen and oxygen atoms in total. The van der Waals surface area contributed by atoms with Gasteiger partial charge in [0.1, 0.15) is 0 Å². The van der Waals surface area contributed by atoms with Crippen LogP contribution in [0.5, 0.6) is 0 Å². The number of hydrogen-bond donors (Lipinski definition) is 0. The van der Waals surface area contributed by atoms with Crippen molar-refractivity contribution in [1.29, 1.82) is 0 Å². The molecule has 0 amide bonds. The number of benzene rings is 11. The molecule has 11 aromatic carbocycles. The normalized spacial score (nSPS) is 12.9. The molecule has 236 valence electrons. The van der Waals surface area contributed by atoms with E-state index < -0.39 is 0 Å². The second-order valence-corrected chi connectivity index (χ2v) is 14.7. The Morgan fingerprint density at radius 3 is 1.17 bits per heavy atom. The van der Waals surface area contributed by atoms with Crippen molar-refractivity contribution < 1.29 is 0 Å². The number of hydrogen-bond acceptors (Lipinski definition) is 0. The minimum Gasteiger partial charge on any atom is -0.0616 e. The Balaban J connectivity index is 1.23. The third-order valence-corrected chi connectivity index (χ3v) is 12.2. The van der Waals surface area contributed by atoms with Gasteiger partial charge in [0, 0.05) is 0 Å². The lowest BCUT2D eigenvalue weighted by molar-refractivity contribution is 1.65. The summed E-state index contributed by atoms with van der Waals surface area (Å²) < 4.78 is 0. The fourth-order valence-electron chi connectivity index (χ4n) is 10.1. The molecule has 0 aliphatic heterocycles. The third kappa shape index (κ3) is 3.29. The third-order valence-electron chi connectivity index (χ3n) is 12.2. The van der Waals surface area contributed by atoms with E-state index in [1.807, 2.05) is 0 Å². The van der Waals surface area contributed by atoms with Gasteiger partial charge in [-0.1, -0.05) is 158 Å². The summed E-state index contributed by atoms with van der Waals surface area (Å²) in [5.41, 5.74) is 13.2. The van der Waals surface area contributed by atoms with Crippen molar-refractivity contribution >= 4 is 87.6 Å². The average Bonchev–Trinajstić information content (AvgIpc) is 3.78. The first-order chi connectivity index (χ1) is 25.8. The van der Waals surface area contributed by atoms with Gasteiger partial charge in [-0.3, -0.25) is 0 Å². The molecule has 0 unspecified atom stereocenters. The maximum atomic E-state index is 2.44. The molecule has 0 N–H and O–H groups in total. The van der Waals surface area contributed by atoms with Crippen LogP contribution in [0.25, 0.3) is 132 Å². The highest BCUT2D eigenvalue weighted by atomic mass is 14.3. The summed E-state index contributed by atoms with van der Waals surface area (Å²) in [5, 5.41) is 18.6. The fourth-order valence-corrected chi connectivity index (χ4v) is 10.1. The minimum atomic E-state index is 1.26. The van der Waals surface area contributed by atoms with Crippen molar-refractivity contribution in [1.82, 2.24) is 0 Å². The average molecular weight is 653 g/mol. The molecule has 0 heterocycles.